The number of hydrogen-bond donors (Lipinski definition) is 3. The number of carbonyl (C=O) groups is 2. The highest BCUT2D eigenvalue weighted by atomic mass is 16.7. The predicted octanol–water partition coefficient (Wildman–Crippen LogP) is 3.07. The molecule has 0 aliphatic carbocycles. The smallest absolute Gasteiger partial charge is 0.252 e. The van der Waals surface area contributed by atoms with Crippen LogP contribution in [0.5, 0.6) is 11.5 Å². The first-order valence-corrected chi connectivity index (χ1v) is 9.45. The average Bonchev–Trinajstić information content (AvgIpc) is 3.32. The van der Waals surface area contributed by atoms with Gasteiger partial charge in [0.05, 0.1) is 11.0 Å². The number of nitrogens with one attached hydrogen (secondary N) is 3. The summed E-state index contributed by atoms with van der Waals surface area (Å²) < 4.78 is 10.6. The van der Waals surface area contributed by atoms with Gasteiger partial charge in [-0.1, -0.05) is 26.0 Å². The molecular formula is C21H22N4O4. The van der Waals surface area contributed by atoms with E-state index in [1.807, 2.05) is 38.1 Å². The van der Waals surface area contributed by atoms with E-state index in [9.17, 15) is 9.59 Å². The Balaban J connectivity index is 1.48. The molecule has 8 heteroatoms. The van der Waals surface area contributed by atoms with Crippen LogP contribution in [0, 0.1) is 5.92 Å². The number of para-hydroxylation sites is 2. The van der Waals surface area contributed by atoms with Crippen molar-refractivity contribution in [3.05, 3.63) is 48.0 Å². The van der Waals surface area contributed by atoms with Gasteiger partial charge in [0, 0.05) is 5.56 Å². The molecule has 1 atom stereocenters. The molecule has 0 fully saturated rings. The highest BCUT2D eigenvalue weighted by Crippen LogP contribution is 2.32. The zero-order valence-corrected chi connectivity index (χ0v) is 16.2. The Morgan fingerprint density at radius 1 is 1.14 bits per heavy atom. The number of anilines is 1. The van der Waals surface area contributed by atoms with Crippen LogP contribution >= 0.6 is 0 Å². The summed E-state index contributed by atoms with van der Waals surface area (Å²) in [7, 11) is 0. The van der Waals surface area contributed by atoms with E-state index in [4.69, 9.17) is 9.47 Å². The molecule has 2 amide bonds. The lowest BCUT2D eigenvalue weighted by Gasteiger charge is -2.19. The maximum Gasteiger partial charge on any atom is 0.252 e. The second-order valence-electron chi connectivity index (χ2n) is 7.32. The molecule has 2 aromatic carbocycles. The Kier molecular flexibility index (Phi) is 5.07. The molecule has 0 radical (unpaired) electrons. The fourth-order valence-electron chi connectivity index (χ4n) is 3.20. The van der Waals surface area contributed by atoms with Crippen LogP contribution in [-0.4, -0.2) is 34.6 Å². The van der Waals surface area contributed by atoms with Crippen molar-refractivity contribution in [3.8, 4) is 11.5 Å². The monoisotopic (exact) mass is 394 g/mol. The van der Waals surface area contributed by atoms with Crippen LogP contribution in [0.4, 0.5) is 5.95 Å². The first-order chi connectivity index (χ1) is 14.0. The minimum absolute atomic E-state index is 0.135. The third-order valence-corrected chi connectivity index (χ3v) is 4.59. The van der Waals surface area contributed by atoms with Crippen LogP contribution in [0.15, 0.2) is 42.5 Å². The molecule has 1 aliphatic heterocycles. The summed E-state index contributed by atoms with van der Waals surface area (Å²) in [4.78, 5) is 33.0. The van der Waals surface area contributed by atoms with Crippen LogP contribution in [0.25, 0.3) is 11.0 Å². The number of hydrogen-bond acceptors (Lipinski definition) is 5. The van der Waals surface area contributed by atoms with Gasteiger partial charge in [0.25, 0.3) is 5.91 Å². The van der Waals surface area contributed by atoms with Crippen molar-refractivity contribution in [1.82, 2.24) is 15.3 Å². The van der Waals surface area contributed by atoms with Gasteiger partial charge in [-0.15, -0.1) is 0 Å². The lowest BCUT2D eigenvalue weighted by Crippen LogP contribution is -2.44. The molecule has 150 valence electrons. The van der Waals surface area contributed by atoms with Crippen LogP contribution in [0.1, 0.15) is 30.6 Å². The molecule has 0 spiro atoms. The van der Waals surface area contributed by atoms with E-state index in [-0.39, 0.29) is 24.5 Å². The minimum Gasteiger partial charge on any atom is -0.454 e. The van der Waals surface area contributed by atoms with Gasteiger partial charge in [-0.3, -0.25) is 14.9 Å². The van der Waals surface area contributed by atoms with Crippen molar-refractivity contribution in [3.63, 3.8) is 0 Å². The lowest BCUT2D eigenvalue weighted by molar-refractivity contribution is -0.118. The fraction of sp³-hybridized carbons (Fsp3) is 0.286. The highest BCUT2D eigenvalue weighted by Gasteiger charge is 2.24. The van der Waals surface area contributed by atoms with Crippen LogP contribution < -0.4 is 20.1 Å². The second kappa shape index (κ2) is 7.83. The lowest BCUT2D eigenvalue weighted by atomic mass is 10.0. The van der Waals surface area contributed by atoms with E-state index < -0.39 is 6.04 Å². The summed E-state index contributed by atoms with van der Waals surface area (Å²) in [5, 5.41) is 5.59. The van der Waals surface area contributed by atoms with Gasteiger partial charge in [-0.05, 0) is 42.7 Å². The van der Waals surface area contributed by atoms with Crippen molar-refractivity contribution >= 4 is 28.8 Å². The van der Waals surface area contributed by atoms with Gasteiger partial charge in [0.1, 0.15) is 6.04 Å². The number of aromatic nitrogens is 2. The van der Waals surface area contributed by atoms with Crippen molar-refractivity contribution in [2.45, 2.75) is 26.3 Å². The number of benzene rings is 2. The average molecular weight is 394 g/mol. The molecule has 0 bridgehead atoms. The summed E-state index contributed by atoms with van der Waals surface area (Å²) >= 11 is 0. The standard InChI is InChI=1S/C21H22N4O4/c1-12(2)9-16(20(27)25-21-23-14-5-3-4-6-15(14)24-21)22-19(26)13-7-8-17-18(10-13)29-11-28-17/h3-8,10,12,16H,9,11H2,1-2H3,(H,22,26)(H2,23,24,25,27)/t16-/m0/s1. The Labute approximate surface area is 167 Å². The van der Waals surface area contributed by atoms with Gasteiger partial charge < -0.3 is 19.8 Å². The maximum absolute atomic E-state index is 12.8. The third-order valence-electron chi connectivity index (χ3n) is 4.59. The molecule has 2 heterocycles. The number of carbonyl (C=O) groups excluding carboxylic acids is 2. The molecule has 1 aliphatic rings. The number of aromatic amines is 1. The third kappa shape index (κ3) is 4.16. The van der Waals surface area contributed by atoms with Crippen molar-refractivity contribution in [2.75, 3.05) is 12.1 Å². The summed E-state index contributed by atoms with van der Waals surface area (Å²) in [5.74, 6) is 0.994. The van der Waals surface area contributed by atoms with Gasteiger partial charge in [0.2, 0.25) is 18.6 Å². The quantitative estimate of drug-likeness (QED) is 0.596. The number of fused-ring (bicyclic) bond motifs is 2. The van der Waals surface area contributed by atoms with Gasteiger partial charge in [0.15, 0.2) is 11.5 Å². The van der Waals surface area contributed by atoms with E-state index in [2.05, 4.69) is 20.6 Å². The van der Waals surface area contributed by atoms with E-state index in [1.165, 1.54) is 0 Å². The van der Waals surface area contributed by atoms with E-state index >= 15 is 0 Å². The molecule has 0 saturated carbocycles. The van der Waals surface area contributed by atoms with Crippen molar-refractivity contribution in [2.24, 2.45) is 5.92 Å². The normalized spacial score (nSPS) is 13.5. The summed E-state index contributed by atoms with van der Waals surface area (Å²) in [6, 6.07) is 11.7. The minimum atomic E-state index is -0.707. The number of imidazole rings is 1. The summed E-state index contributed by atoms with van der Waals surface area (Å²) in [6.45, 7) is 4.12. The summed E-state index contributed by atoms with van der Waals surface area (Å²) in [5.41, 5.74) is 1.99. The Morgan fingerprint density at radius 2 is 1.93 bits per heavy atom. The molecule has 8 nitrogen and oxygen atoms in total. The fourth-order valence-corrected chi connectivity index (χ4v) is 3.20. The van der Waals surface area contributed by atoms with Crippen molar-refractivity contribution in [1.29, 1.82) is 0 Å². The Bertz CT molecular complexity index is 1030. The van der Waals surface area contributed by atoms with Gasteiger partial charge in [-0.2, -0.15) is 0 Å². The first kappa shape index (κ1) is 18.8. The first-order valence-electron chi connectivity index (χ1n) is 9.45. The predicted molar refractivity (Wildman–Crippen MR) is 108 cm³/mol. The molecular weight excluding hydrogens is 372 g/mol. The molecule has 29 heavy (non-hydrogen) atoms. The molecule has 0 saturated heterocycles. The largest absolute Gasteiger partial charge is 0.454 e. The zero-order valence-electron chi connectivity index (χ0n) is 16.2. The molecule has 4 rings (SSSR count). The number of rotatable bonds is 6. The van der Waals surface area contributed by atoms with E-state index in [1.54, 1.807) is 18.2 Å². The number of amides is 2. The number of H-pyrrole nitrogens is 1. The number of nitrogens with zero attached hydrogens (tertiary/aromatic N) is 1. The van der Waals surface area contributed by atoms with Crippen LogP contribution in [0.3, 0.4) is 0 Å². The number of ether oxygens (including phenoxy) is 2. The molecule has 3 aromatic rings. The molecule has 3 N–H and O–H groups in total. The van der Waals surface area contributed by atoms with Crippen LogP contribution in [-0.2, 0) is 4.79 Å². The van der Waals surface area contributed by atoms with Crippen LogP contribution in [0.2, 0.25) is 0 Å². The summed E-state index contributed by atoms with van der Waals surface area (Å²) in [6.07, 6.45) is 0.488. The Morgan fingerprint density at radius 3 is 2.72 bits per heavy atom. The topological polar surface area (TPSA) is 105 Å². The highest BCUT2D eigenvalue weighted by molar-refractivity contribution is 6.01. The van der Waals surface area contributed by atoms with E-state index in [0.29, 0.717) is 29.4 Å². The van der Waals surface area contributed by atoms with Gasteiger partial charge >= 0.3 is 0 Å². The Hall–Kier alpha value is -3.55. The zero-order chi connectivity index (χ0) is 20.4. The maximum atomic E-state index is 12.8. The SMILES string of the molecule is CC(C)C[C@H](NC(=O)c1ccc2c(c1)OCO2)C(=O)Nc1nc2ccccc2[nH]1. The van der Waals surface area contributed by atoms with Crippen molar-refractivity contribution < 1.29 is 19.1 Å². The molecule has 0 unspecified atom stereocenters. The van der Waals surface area contributed by atoms with Gasteiger partial charge in [-0.25, -0.2) is 4.98 Å². The second-order valence-corrected chi connectivity index (χ2v) is 7.32. The molecule has 1 aromatic heterocycles. The van der Waals surface area contributed by atoms with E-state index in [0.717, 1.165) is 11.0 Å².